The summed E-state index contributed by atoms with van der Waals surface area (Å²) in [4.78, 5) is 34.6. The van der Waals surface area contributed by atoms with Crippen LogP contribution in [-0.2, 0) is 37.2 Å². The van der Waals surface area contributed by atoms with Crippen molar-refractivity contribution in [3.8, 4) is 0 Å². The molecule has 1 unspecified atom stereocenters. The van der Waals surface area contributed by atoms with Crippen LogP contribution in [0.15, 0.2) is 60.7 Å². The molecular weight excluding hydrogens is 348 g/mol. The molecule has 7 heteroatoms. The van der Waals surface area contributed by atoms with Gasteiger partial charge in [0.05, 0.1) is 26.2 Å². The lowest BCUT2D eigenvalue weighted by molar-refractivity contribution is -0.154. The predicted octanol–water partition coefficient (Wildman–Crippen LogP) is 2.28. The zero-order chi connectivity index (χ0) is 19.3. The summed E-state index contributed by atoms with van der Waals surface area (Å²) in [5.74, 6) is -1.02. The lowest BCUT2D eigenvalue weighted by Crippen LogP contribution is -2.42. The van der Waals surface area contributed by atoms with Crippen molar-refractivity contribution in [1.82, 2.24) is 11.0 Å². The molecule has 2 aromatic rings. The van der Waals surface area contributed by atoms with Crippen molar-refractivity contribution in [3.05, 3.63) is 71.8 Å². The van der Waals surface area contributed by atoms with Gasteiger partial charge in [0.15, 0.2) is 0 Å². The zero-order valence-electron chi connectivity index (χ0n) is 15.2. The minimum atomic E-state index is -0.936. The Morgan fingerprint density at radius 2 is 1.44 bits per heavy atom. The van der Waals surface area contributed by atoms with Crippen LogP contribution in [-0.4, -0.2) is 24.5 Å². The molecule has 0 spiro atoms. The minimum Gasteiger partial charge on any atom is -0.465 e. The van der Waals surface area contributed by atoms with Crippen LogP contribution >= 0.6 is 0 Å². The van der Waals surface area contributed by atoms with Gasteiger partial charge in [-0.2, -0.15) is 5.48 Å². The number of hydroxylamine groups is 2. The van der Waals surface area contributed by atoms with Crippen LogP contribution in [0.1, 0.15) is 24.5 Å². The molecular formula is C20H24N2O5. The molecule has 1 amide bonds. The Bertz CT molecular complexity index is 694. The third-order valence-electron chi connectivity index (χ3n) is 3.54. The summed E-state index contributed by atoms with van der Waals surface area (Å²) in [5.41, 5.74) is 6.78. The van der Waals surface area contributed by atoms with Crippen molar-refractivity contribution < 1.29 is 24.0 Å². The van der Waals surface area contributed by atoms with Gasteiger partial charge in [0, 0.05) is 0 Å². The van der Waals surface area contributed by atoms with Crippen LogP contribution in [0.5, 0.6) is 0 Å². The van der Waals surface area contributed by atoms with Crippen LogP contribution in [0.4, 0.5) is 0 Å². The van der Waals surface area contributed by atoms with Crippen molar-refractivity contribution in [2.24, 2.45) is 0 Å². The summed E-state index contributed by atoms with van der Waals surface area (Å²) in [5, 5.41) is 0. The normalized spacial score (nSPS) is 11.6. The largest absolute Gasteiger partial charge is 0.465 e. The molecule has 0 saturated carbocycles. The molecule has 0 bridgehead atoms. The van der Waals surface area contributed by atoms with E-state index in [0.717, 1.165) is 11.1 Å². The van der Waals surface area contributed by atoms with Crippen molar-refractivity contribution in [2.45, 2.75) is 32.6 Å². The maximum absolute atomic E-state index is 12.0. The topological polar surface area (TPSA) is 85.9 Å². The first-order valence-electron chi connectivity index (χ1n) is 8.71. The number of hydrogen-bond acceptors (Lipinski definition) is 6. The van der Waals surface area contributed by atoms with E-state index in [1.807, 2.05) is 60.7 Å². The smallest absolute Gasteiger partial charge is 0.326 e. The molecule has 2 N–H and O–H groups in total. The van der Waals surface area contributed by atoms with Gasteiger partial charge in [0.25, 0.3) is 0 Å². The number of benzene rings is 2. The van der Waals surface area contributed by atoms with Gasteiger partial charge in [0.1, 0.15) is 6.04 Å². The Hall–Kier alpha value is -2.74. The molecule has 0 aliphatic carbocycles. The quantitative estimate of drug-likeness (QED) is 0.465. The van der Waals surface area contributed by atoms with Gasteiger partial charge in [0.2, 0.25) is 5.91 Å². The van der Waals surface area contributed by atoms with E-state index in [0.29, 0.717) is 0 Å². The fourth-order valence-electron chi connectivity index (χ4n) is 2.22. The van der Waals surface area contributed by atoms with Gasteiger partial charge < -0.3 is 4.74 Å². The highest BCUT2D eigenvalue weighted by atomic mass is 16.7. The summed E-state index contributed by atoms with van der Waals surface area (Å²) in [6.07, 6.45) is -0.178. The molecule has 0 radical (unpaired) electrons. The molecule has 0 heterocycles. The minimum absolute atomic E-state index is 0.178. The van der Waals surface area contributed by atoms with Crippen molar-refractivity contribution >= 4 is 11.9 Å². The number of esters is 1. The summed E-state index contributed by atoms with van der Waals surface area (Å²) in [6, 6.07) is 17.9. The first-order valence-corrected chi connectivity index (χ1v) is 8.71. The van der Waals surface area contributed by atoms with Gasteiger partial charge in [-0.05, 0) is 18.1 Å². The van der Waals surface area contributed by atoms with Gasteiger partial charge in [-0.15, -0.1) is 0 Å². The number of ether oxygens (including phenoxy) is 1. The highest BCUT2D eigenvalue weighted by Crippen LogP contribution is 2.03. The number of nitrogens with one attached hydrogen (secondary N) is 2. The third-order valence-corrected chi connectivity index (χ3v) is 3.54. The second kappa shape index (κ2) is 11.8. The fourth-order valence-corrected chi connectivity index (χ4v) is 2.22. The maximum atomic E-state index is 12.0. The second-order valence-corrected chi connectivity index (χ2v) is 5.70. The molecule has 0 saturated heterocycles. The summed E-state index contributed by atoms with van der Waals surface area (Å²) < 4.78 is 4.98. The van der Waals surface area contributed by atoms with Crippen LogP contribution in [0.25, 0.3) is 0 Å². The summed E-state index contributed by atoms with van der Waals surface area (Å²) in [6.45, 7) is 2.39. The fraction of sp³-hybridized carbons (Fsp3) is 0.300. The lowest BCUT2D eigenvalue weighted by Gasteiger charge is -2.17. The number of amides is 1. The highest BCUT2D eigenvalue weighted by Gasteiger charge is 2.23. The average Bonchev–Trinajstić information content (AvgIpc) is 2.69. The average molecular weight is 372 g/mol. The Balaban J connectivity index is 1.78. The van der Waals surface area contributed by atoms with Crippen LogP contribution < -0.4 is 11.0 Å². The van der Waals surface area contributed by atoms with E-state index in [1.165, 1.54) is 0 Å². The SMILES string of the molecule is CCOC(=O)C(CC(=O)NOCc1ccccc1)NOCc1ccccc1. The Labute approximate surface area is 158 Å². The van der Waals surface area contributed by atoms with Gasteiger partial charge in [-0.25, -0.2) is 5.48 Å². The van der Waals surface area contributed by atoms with Crippen LogP contribution in [0.3, 0.4) is 0 Å². The van der Waals surface area contributed by atoms with E-state index < -0.39 is 17.9 Å². The van der Waals surface area contributed by atoms with Crippen LogP contribution in [0.2, 0.25) is 0 Å². The van der Waals surface area contributed by atoms with E-state index in [-0.39, 0.29) is 26.2 Å². The molecule has 0 fully saturated rings. The molecule has 1 atom stereocenters. The Morgan fingerprint density at radius 1 is 0.889 bits per heavy atom. The predicted molar refractivity (Wildman–Crippen MR) is 98.8 cm³/mol. The van der Waals surface area contributed by atoms with E-state index in [4.69, 9.17) is 14.4 Å². The molecule has 0 aliphatic heterocycles. The molecule has 2 rings (SSSR count). The number of rotatable bonds is 11. The summed E-state index contributed by atoms with van der Waals surface area (Å²) >= 11 is 0. The molecule has 0 aliphatic rings. The van der Waals surface area contributed by atoms with Crippen molar-refractivity contribution in [2.75, 3.05) is 6.61 Å². The number of carbonyl (C=O) groups is 2. The monoisotopic (exact) mass is 372 g/mol. The highest BCUT2D eigenvalue weighted by molar-refractivity contribution is 5.84. The lowest BCUT2D eigenvalue weighted by atomic mass is 10.2. The molecule has 27 heavy (non-hydrogen) atoms. The number of carbonyl (C=O) groups excluding carboxylic acids is 2. The Kier molecular flexibility index (Phi) is 8.99. The van der Waals surface area contributed by atoms with Crippen molar-refractivity contribution in [3.63, 3.8) is 0 Å². The maximum Gasteiger partial charge on any atom is 0.326 e. The summed E-state index contributed by atoms with van der Waals surface area (Å²) in [7, 11) is 0. The van der Waals surface area contributed by atoms with Gasteiger partial charge >= 0.3 is 5.97 Å². The van der Waals surface area contributed by atoms with Gasteiger partial charge in [-0.3, -0.25) is 19.3 Å². The Morgan fingerprint density at radius 3 is 2.00 bits per heavy atom. The first-order chi connectivity index (χ1) is 13.2. The van der Waals surface area contributed by atoms with E-state index in [1.54, 1.807) is 6.92 Å². The number of hydrogen-bond donors (Lipinski definition) is 2. The zero-order valence-corrected chi connectivity index (χ0v) is 15.2. The molecule has 2 aromatic carbocycles. The van der Waals surface area contributed by atoms with E-state index >= 15 is 0 Å². The molecule has 0 aromatic heterocycles. The third kappa shape index (κ3) is 8.00. The van der Waals surface area contributed by atoms with E-state index in [9.17, 15) is 9.59 Å². The van der Waals surface area contributed by atoms with Crippen molar-refractivity contribution in [1.29, 1.82) is 0 Å². The molecule has 7 nitrogen and oxygen atoms in total. The van der Waals surface area contributed by atoms with Crippen LogP contribution in [0, 0.1) is 0 Å². The second-order valence-electron chi connectivity index (χ2n) is 5.70. The molecule has 144 valence electrons. The first kappa shape index (κ1) is 20.6. The van der Waals surface area contributed by atoms with E-state index in [2.05, 4.69) is 11.0 Å². The van der Waals surface area contributed by atoms with Gasteiger partial charge in [-0.1, -0.05) is 60.7 Å². The standard InChI is InChI=1S/C20H24N2O5/c1-2-25-20(24)18(21-26-14-16-9-5-3-6-10-16)13-19(23)22-27-15-17-11-7-4-8-12-17/h3-12,18,21H,2,13-15H2,1H3,(H,22,23).